The smallest absolute Gasteiger partial charge is 0.252 e. The fourth-order valence-electron chi connectivity index (χ4n) is 2.27. The van der Waals surface area contributed by atoms with E-state index in [1.165, 1.54) is 23.5 Å². The van der Waals surface area contributed by atoms with Gasteiger partial charge in [0.1, 0.15) is 5.82 Å². The van der Waals surface area contributed by atoms with Gasteiger partial charge in [0.05, 0.1) is 11.6 Å². The van der Waals surface area contributed by atoms with Crippen LogP contribution in [0.15, 0.2) is 71.4 Å². The zero-order valence-electron chi connectivity index (χ0n) is 11.7. The molecule has 1 N–H and O–H groups in total. The topological polar surface area (TPSA) is 29.1 Å². The Kier molecular flexibility index (Phi) is 4.30. The SMILES string of the molecule is O=C(NC(c1ccccc1)c1ccc(F)cc1)c1ccsc1. The molecule has 3 aromatic rings. The third-order valence-corrected chi connectivity index (χ3v) is 4.08. The van der Waals surface area contributed by atoms with Crippen molar-refractivity contribution in [1.29, 1.82) is 0 Å². The minimum Gasteiger partial charge on any atom is -0.341 e. The number of carbonyl (C=O) groups is 1. The van der Waals surface area contributed by atoms with Gasteiger partial charge in [0.15, 0.2) is 0 Å². The van der Waals surface area contributed by atoms with Crippen LogP contribution in [0.4, 0.5) is 4.39 Å². The van der Waals surface area contributed by atoms with E-state index in [0.29, 0.717) is 5.56 Å². The van der Waals surface area contributed by atoms with Crippen molar-refractivity contribution in [3.8, 4) is 0 Å². The van der Waals surface area contributed by atoms with Gasteiger partial charge in [-0.2, -0.15) is 11.3 Å². The lowest BCUT2D eigenvalue weighted by atomic mass is 9.98. The van der Waals surface area contributed by atoms with Crippen molar-refractivity contribution in [2.45, 2.75) is 6.04 Å². The van der Waals surface area contributed by atoms with Gasteiger partial charge in [-0.25, -0.2) is 4.39 Å². The number of carbonyl (C=O) groups excluding carboxylic acids is 1. The Morgan fingerprint density at radius 2 is 1.64 bits per heavy atom. The highest BCUT2D eigenvalue weighted by Crippen LogP contribution is 2.23. The Labute approximate surface area is 132 Å². The van der Waals surface area contributed by atoms with Gasteiger partial charge in [-0.05, 0) is 34.7 Å². The zero-order chi connectivity index (χ0) is 15.4. The maximum Gasteiger partial charge on any atom is 0.252 e. The summed E-state index contributed by atoms with van der Waals surface area (Å²) in [6.45, 7) is 0. The number of hydrogen-bond acceptors (Lipinski definition) is 2. The molecule has 0 spiro atoms. The van der Waals surface area contributed by atoms with Gasteiger partial charge in [-0.15, -0.1) is 0 Å². The lowest BCUT2D eigenvalue weighted by Crippen LogP contribution is -2.29. The Morgan fingerprint density at radius 3 is 2.27 bits per heavy atom. The number of amides is 1. The molecule has 1 unspecified atom stereocenters. The van der Waals surface area contributed by atoms with E-state index >= 15 is 0 Å². The summed E-state index contributed by atoms with van der Waals surface area (Å²) in [5.74, 6) is -0.431. The molecule has 2 aromatic carbocycles. The van der Waals surface area contributed by atoms with Crippen molar-refractivity contribution in [3.05, 3.63) is 93.9 Å². The van der Waals surface area contributed by atoms with Gasteiger partial charge < -0.3 is 5.32 Å². The lowest BCUT2D eigenvalue weighted by Gasteiger charge is -2.19. The molecule has 0 saturated carbocycles. The number of nitrogens with one attached hydrogen (secondary N) is 1. The van der Waals surface area contributed by atoms with Crippen LogP contribution in [0.3, 0.4) is 0 Å². The number of benzene rings is 2. The molecule has 0 saturated heterocycles. The summed E-state index contributed by atoms with van der Waals surface area (Å²) in [5, 5.41) is 6.69. The molecule has 22 heavy (non-hydrogen) atoms. The number of hydrogen-bond donors (Lipinski definition) is 1. The van der Waals surface area contributed by atoms with Crippen LogP contribution >= 0.6 is 11.3 Å². The molecular formula is C18H14FNOS. The summed E-state index contributed by atoms with van der Waals surface area (Å²) < 4.78 is 13.2. The third-order valence-electron chi connectivity index (χ3n) is 3.40. The van der Waals surface area contributed by atoms with E-state index in [1.807, 2.05) is 41.1 Å². The molecule has 0 aliphatic carbocycles. The molecule has 1 atom stereocenters. The Morgan fingerprint density at radius 1 is 0.955 bits per heavy atom. The summed E-state index contributed by atoms with van der Waals surface area (Å²) >= 11 is 1.48. The van der Waals surface area contributed by atoms with Crippen LogP contribution < -0.4 is 5.32 Å². The van der Waals surface area contributed by atoms with E-state index < -0.39 is 0 Å². The fraction of sp³-hybridized carbons (Fsp3) is 0.0556. The first-order valence-corrected chi connectivity index (χ1v) is 7.82. The molecule has 2 nitrogen and oxygen atoms in total. The molecule has 1 heterocycles. The number of rotatable bonds is 4. The standard InChI is InChI=1S/C18H14FNOS/c19-16-8-6-14(7-9-16)17(13-4-2-1-3-5-13)20-18(21)15-10-11-22-12-15/h1-12,17H,(H,20,21). The van der Waals surface area contributed by atoms with Crippen LogP contribution in [0, 0.1) is 5.82 Å². The van der Waals surface area contributed by atoms with Crippen molar-refractivity contribution in [2.24, 2.45) is 0 Å². The highest BCUT2D eigenvalue weighted by Gasteiger charge is 2.17. The van der Waals surface area contributed by atoms with E-state index in [2.05, 4.69) is 5.32 Å². The van der Waals surface area contributed by atoms with Crippen LogP contribution in [0.1, 0.15) is 27.5 Å². The highest BCUT2D eigenvalue weighted by molar-refractivity contribution is 7.08. The number of thiophene rings is 1. The molecule has 1 aromatic heterocycles. The van der Waals surface area contributed by atoms with Gasteiger partial charge in [-0.3, -0.25) is 4.79 Å². The van der Waals surface area contributed by atoms with Crippen molar-refractivity contribution in [1.82, 2.24) is 5.32 Å². The Hall–Kier alpha value is -2.46. The monoisotopic (exact) mass is 311 g/mol. The van der Waals surface area contributed by atoms with Gasteiger partial charge in [0, 0.05) is 5.38 Å². The Bertz CT molecular complexity index is 739. The summed E-state index contributed by atoms with van der Waals surface area (Å²) in [5.41, 5.74) is 2.43. The van der Waals surface area contributed by atoms with Gasteiger partial charge in [-0.1, -0.05) is 42.5 Å². The molecule has 0 radical (unpaired) electrons. The highest BCUT2D eigenvalue weighted by atomic mass is 32.1. The molecule has 0 aliphatic rings. The molecule has 4 heteroatoms. The van der Waals surface area contributed by atoms with Crippen molar-refractivity contribution in [2.75, 3.05) is 0 Å². The van der Waals surface area contributed by atoms with Gasteiger partial charge >= 0.3 is 0 Å². The predicted octanol–water partition coefficient (Wildman–Crippen LogP) is 4.41. The van der Waals surface area contributed by atoms with E-state index in [1.54, 1.807) is 18.2 Å². The summed E-state index contributed by atoms with van der Waals surface area (Å²) in [6.07, 6.45) is 0. The van der Waals surface area contributed by atoms with Crippen LogP contribution in [-0.4, -0.2) is 5.91 Å². The second-order valence-corrected chi connectivity index (χ2v) is 5.66. The van der Waals surface area contributed by atoms with E-state index in [9.17, 15) is 9.18 Å². The molecule has 0 fully saturated rings. The fourth-order valence-corrected chi connectivity index (χ4v) is 2.90. The molecule has 0 bridgehead atoms. The molecule has 1 amide bonds. The van der Waals surface area contributed by atoms with Crippen molar-refractivity contribution < 1.29 is 9.18 Å². The van der Waals surface area contributed by atoms with Crippen molar-refractivity contribution in [3.63, 3.8) is 0 Å². The normalized spacial score (nSPS) is 11.9. The second kappa shape index (κ2) is 6.54. The quantitative estimate of drug-likeness (QED) is 0.760. The van der Waals surface area contributed by atoms with Crippen molar-refractivity contribution >= 4 is 17.2 Å². The lowest BCUT2D eigenvalue weighted by molar-refractivity contribution is 0.0943. The molecule has 3 rings (SSSR count). The second-order valence-electron chi connectivity index (χ2n) is 4.88. The average Bonchev–Trinajstić information content (AvgIpc) is 3.09. The first-order chi connectivity index (χ1) is 10.7. The Balaban J connectivity index is 1.93. The summed E-state index contributed by atoms with van der Waals surface area (Å²) in [7, 11) is 0. The zero-order valence-corrected chi connectivity index (χ0v) is 12.5. The predicted molar refractivity (Wildman–Crippen MR) is 86.5 cm³/mol. The summed E-state index contributed by atoms with van der Waals surface area (Å²) in [4.78, 5) is 12.4. The maximum atomic E-state index is 13.2. The van der Waals surface area contributed by atoms with E-state index in [0.717, 1.165) is 11.1 Å². The first kappa shape index (κ1) is 14.5. The van der Waals surface area contributed by atoms with Gasteiger partial charge in [0.2, 0.25) is 0 Å². The molecule has 0 aliphatic heterocycles. The van der Waals surface area contributed by atoms with Crippen LogP contribution in [0.25, 0.3) is 0 Å². The largest absolute Gasteiger partial charge is 0.341 e. The molecule has 110 valence electrons. The minimum atomic E-state index is -0.311. The van der Waals surface area contributed by atoms with Gasteiger partial charge in [0.25, 0.3) is 5.91 Å². The first-order valence-electron chi connectivity index (χ1n) is 6.87. The van der Waals surface area contributed by atoms with Crippen LogP contribution in [0.5, 0.6) is 0 Å². The molecular weight excluding hydrogens is 297 g/mol. The van der Waals surface area contributed by atoms with Crippen LogP contribution in [-0.2, 0) is 0 Å². The number of halogens is 1. The third kappa shape index (κ3) is 3.23. The average molecular weight is 311 g/mol. The van der Waals surface area contributed by atoms with E-state index in [4.69, 9.17) is 0 Å². The van der Waals surface area contributed by atoms with E-state index in [-0.39, 0.29) is 17.8 Å². The maximum absolute atomic E-state index is 13.2. The minimum absolute atomic E-state index is 0.139. The summed E-state index contributed by atoms with van der Waals surface area (Å²) in [6, 6.07) is 17.3. The van der Waals surface area contributed by atoms with Crippen LogP contribution in [0.2, 0.25) is 0 Å².